The summed E-state index contributed by atoms with van der Waals surface area (Å²) in [6.45, 7) is 5.19. The Bertz CT molecular complexity index is 1210. The second kappa shape index (κ2) is 13.4. The van der Waals surface area contributed by atoms with E-state index in [2.05, 4.69) is 5.32 Å². The molecule has 1 atom stereocenters. The summed E-state index contributed by atoms with van der Waals surface area (Å²) in [6.07, 6.45) is 1.19. The summed E-state index contributed by atoms with van der Waals surface area (Å²) in [5.41, 5.74) is 0.422. The normalized spacial score (nSPS) is 12.4. The molecule has 0 heterocycles. The summed E-state index contributed by atoms with van der Waals surface area (Å²) in [6, 6.07) is 6.73. The summed E-state index contributed by atoms with van der Waals surface area (Å²) in [7, 11) is -3.85. The van der Waals surface area contributed by atoms with E-state index in [1.807, 2.05) is 0 Å². The second-order valence-corrected chi connectivity index (χ2v) is 11.6. The Morgan fingerprint density at radius 1 is 1.05 bits per heavy atom. The molecule has 0 aliphatic rings. The highest BCUT2D eigenvalue weighted by molar-refractivity contribution is 7.92. The molecule has 1 N–H and O–H groups in total. The van der Waals surface area contributed by atoms with Gasteiger partial charge in [0.05, 0.1) is 11.9 Å². The molecule has 0 aromatic heterocycles. The highest BCUT2D eigenvalue weighted by atomic mass is 35.5. The first-order chi connectivity index (χ1) is 17.3. The van der Waals surface area contributed by atoms with Gasteiger partial charge in [-0.25, -0.2) is 17.2 Å². The van der Waals surface area contributed by atoms with E-state index < -0.39 is 33.6 Å². The van der Waals surface area contributed by atoms with Crippen LogP contribution in [0.1, 0.15) is 45.6 Å². The third-order valence-corrected chi connectivity index (χ3v) is 7.45. The van der Waals surface area contributed by atoms with Gasteiger partial charge < -0.3 is 10.2 Å². The molecular weight excluding hydrogens is 547 g/mol. The van der Waals surface area contributed by atoms with E-state index >= 15 is 0 Å². The zero-order valence-corrected chi connectivity index (χ0v) is 23.4. The highest BCUT2D eigenvalue weighted by Gasteiger charge is 2.30. The minimum absolute atomic E-state index is 0.0275. The van der Waals surface area contributed by atoms with Gasteiger partial charge in [-0.1, -0.05) is 36.2 Å². The minimum atomic E-state index is -3.85. The number of carbonyl (C=O) groups excluding carboxylic acids is 2. The first kappa shape index (κ1) is 30.8. The number of hydrogen-bond donors (Lipinski definition) is 1. The monoisotopic (exact) mass is 577 g/mol. The van der Waals surface area contributed by atoms with Crippen LogP contribution in [0.3, 0.4) is 0 Å². The van der Waals surface area contributed by atoms with Gasteiger partial charge in [-0.3, -0.25) is 13.9 Å². The van der Waals surface area contributed by atoms with Crippen molar-refractivity contribution >= 4 is 50.7 Å². The topological polar surface area (TPSA) is 86.8 Å². The van der Waals surface area contributed by atoms with E-state index in [-0.39, 0.29) is 43.6 Å². The van der Waals surface area contributed by atoms with Gasteiger partial charge in [0.25, 0.3) is 0 Å². The summed E-state index contributed by atoms with van der Waals surface area (Å²) in [4.78, 5) is 27.7. The van der Waals surface area contributed by atoms with E-state index in [0.29, 0.717) is 22.0 Å². The van der Waals surface area contributed by atoms with E-state index in [1.165, 1.54) is 4.90 Å². The van der Waals surface area contributed by atoms with Crippen molar-refractivity contribution in [2.24, 2.45) is 0 Å². The van der Waals surface area contributed by atoms with Crippen LogP contribution in [0.5, 0.6) is 0 Å². The Morgan fingerprint density at radius 2 is 1.68 bits per heavy atom. The zero-order chi connectivity index (χ0) is 27.9. The van der Waals surface area contributed by atoms with Gasteiger partial charge in [0.15, 0.2) is 11.6 Å². The Morgan fingerprint density at radius 3 is 2.19 bits per heavy atom. The Labute approximate surface area is 226 Å². The lowest BCUT2D eigenvalue weighted by Gasteiger charge is -2.32. The lowest BCUT2D eigenvalue weighted by molar-refractivity contribution is -0.141. The molecule has 0 aliphatic heterocycles. The highest BCUT2D eigenvalue weighted by Crippen LogP contribution is 2.28. The van der Waals surface area contributed by atoms with Crippen LogP contribution in [0, 0.1) is 11.6 Å². The van der Waals surface area contributed by atoms with Crippen molar-refractivity contribution in [3.63, 3.8) is 0 Å². The van der Waals surface area contributed by atoms with Gasteiger partial charge in [0.1, 0.15) is 6.04 Å². The molecule has 0 fully saturated rings. The average molecular weight is 579 g/mol. The van der Waals surface area contributed by atoms with Crippen LogP contribution < -0.4 is 9.62 Å². The van der Waals surface area contributed by atoms with Gasteiger partial charge >= 0.3 is 0 Å². The van der Waals surface area contributed by atoms with E-state index in [0.717, 1.165) is 28.8 Å². The van der Waals surface area contributed by atoms with Crippen LogP contribution in [0.25, 0.3) is 0 Å². The Balaban J connectivity index is 2.29. The number of amides is 2. The Kier molecular flexibility index (Phi) is 11.1. The van der Waals surface area contributed by atoms with Crippen LogP contribution in [-0.2, 0) is 26.2 Å². The van der Waals surface area contributed by atoms with Crippen LogP contribution in [-0.4, -0.2) is 50.0 Å². The maximum atomic E-state index is 13.7. The van der Waals surface area contributed by atoms with Gasteiger partial charge in [0, 0.05) is 47.2 Å². The first-order valence-corrected chi connectivity index (χ1v) is 14.3. The zero-order valence-electron chi connectivity index (χ0n) is 21.1. The number of nitrogens with zero attached hydrogens (tertiary/aromatic N) is 2. The van der Waals surface area contributed by atoms with Crippen molar-refractivity contribution in [2.75, 3.05) is 17.1 Å². The van der Waals surface area contributed by atoms with Crippen molar-refractivity contribution in [2.45, 2.75) is 58.7 Å². The number of benzene rings is 2. The van der Waals surface area contributed by atoms with Crippen molar-refractivity contribution < 1.29 is 26.8 Å². The number of carbonyl (C=O) groups is 2. The minimum Gasteiger partial charge on any atom is -0.352 e. The van der Waals surface area contributed by atoms with Gasteiger partial charge in [-0.05, 0) is 51.0 Å². The summed E-state index contributed by atoms with van der Waals surface area (Å²) < 4.78 is 52.7. The summed E-state index contributed by atoms with van der Waals surface area (Å²) in [5.74, 6) is -3.05. The number of hydrogen-bond acceptors (Lipinski definition) is 4. The smallest absolute Gasteiger partial charge is 0.243 e. The predicted molar refractivity (Wildman–Crippen MR) is 142 cm³/mol. The number of nitrogens with one attached hydrogen (secondary N) is 1. The standard InChI is InChI=1S/C25H31Cl2F2N3O4S/c1-5-23(25(34)30-16(2)3)31(15-18-19(26)8-6-9-20(18)27)24(33)10-7-13-32(37(4,35)36)17-11-12-21(28)22(29)14-17/h6,8-9,11-12,14,16,23H,5,7,10,13,15H2,1-4H3,(H,30,34). The number of halogens is 4. The molecule has 204 valence electrons. The number of rotatable bonds is 12. The molecule has 7 nitrogen and oxygen atoms in total. The van der Waals surface area contributed by atoms with E-state index in [1.54, 1.807) is 39.0 Å². The van der Waals surface area contributed by atoms with Crippen molar-refractivity contribution in [3.05, 3.63) is 63.6 Å². The van der Waals surface area contributed by atoms with Gasteiger partial charge in [-0.2, -0.15) is 0 Å². The molecule has 0 spiro atoms. The fourth-order valence-corrected chi connectivity index (χ4v) is 5.27. The SMILES string of the molecule is CCC(C(=O)NC(C)C)N(Cc1c(Cl)cccc1Cl)C(=O)CCCN(c1ccc(F)c(F)c1)S(C)(=O)=O. The second-order valence-electron chi connectivity index (χ2n) is 8.85. The molecule has 37 heavy (non-hydrogen) atoms. The molecule has 2 rings (SSSR count). The molecule has 0 saturated heterocycles. The van der Waals surface area contributed by atoms with Crippen LogP contribution >= 0.6 is 23.2 Å². The molecule has 0 radical (unpaired) electrons. The van der Waals surface area contributed by atoms with Crippen molar-refractivity contribution in [3.8, 4) is 0 Å². The maximum Gasteiger partial charge on any atom is 0.243 e. The predicted octanol–water partition coefficient (Wildman–Crippen LogP) is 5.15. The van der Waals surface area contributed by atoms with E-state index in [4.69, 9.17) is 23.2 Å². The fraction of sp³-hybridized carbons (Fsp3) is 0.440. The van der Waals surface area contributed by atoms with Gasteiger partial charge in [0.2, 0.25) is 21.8 Å². The first-order valence-electron chi connectivity index (χ1n) is 11.7. The van der Waals surface area contributed by atoms with Crippen LogP contribution in [0.15, 0.2) is 36.4 Å². The molecule has 2 aromatic rings. The number of anilines is 1. The average Bonchev–Trinajstić information content (AvgIpc) is 2.79. The largest absolute Gasteiger partial charge is 0.352 e. The van der Waals surface area contributed by atoms with Crippen molar-refractivity contribution in [1.82, 2.24) is 10.2 Å². The molecule has 0 bridgehead atoms. The van der Waals surface area contributed by atoms with Gasteiger partial charge in [-0.15, -0.1) is 0 Å². The number of sulfonamides is 1. The fourth-order valence-electron chi connectivity index (χ4n) is 3.80. The summed E-state index contributed by atoms with van der Waals surface area (Å²) in [5, 5.41) is 3.49. The van der Waals surface area contributed by atoms with E-state index in [9.17, 15) is 26.8 Å². The van der Waals surface area contributed by atoms with Crippen molar-refractivity contribution in [1.29, 1.82) is 0 Å². The molecule has 2 amide bonds. The van der Waals surface area contributed by atoms with Crippen LogP contribution in [0.2, 0.25) is 10.0 Å². The molecule has 2 aromatic carbocycles. The Hall–Kier alpha value is -2.43. The molecule has 0 aliphatic carbocycles. The van der Waals surface area contributed by atoms with Crippen LogP contribution in [0.4, 0.5) is 14.5 Å². The summed E-state index contributed by atoms with van der Waals surface area (Å²) >= 11 is 12.6. The molecule has 0 saturated carbocycles. The lowest BCUT2D eigenvalue weighted by Crippen LogP contribution is -2.50. The maximum absolute atomic E-state index is 13.7. The molecular formula is C25H31Cl2F2N3O4S. The molecule has 1 unspecified atom stereocenters. The molecule has 12 heteroatoms. The third kappa shape index (κ3) is 8.55. The lowest BCUT2D eigenvalue weighted by atomic mass is 10.1. The third-order valence-electron chi connectivity index (χ3n) is 5.55. The quantitative estimate of drug-likeness (QED) is 0.378.